The second-order valence-corrected chi connectivity index (χ2v) is 20.0. The fourth-order valence-electron chi connectivity index (χ4n) is 5.84. The smallest absolute Gasteiger partial charge is 0.407 e. The van der Waals surface area contributed by atoms with Gasteiger partial charge in [-0.25, -0.2) is 13.2 Å². The summed E-state index contributed by atoms with van der Waals surface area (Å²) >= 11 is 0. The second kappa shape index (κ2) is 13.6. The first-order valence-electron chi connectivity index (χ1n) is 15.4. The normalized spacial score (nSPS) is 16.4. The van der Waals surface area contributed by atoms with E-state index in [4.69, 9.17) is 9.16 Å². The van der Waals surface area contributed by atoms with Gasteiger partial charge in [0, 0.05) is 38.5 Å². The molecule has 0 radical (unpaired) electrons. The topological polar surface area (TPSA) is 103 Å². The number of nitrogens with one attached hydrogen (secondary N) is 1. The van der Waals surface area contributed by atoms with Gasteiger partial charge in [-0.2, -0.15) is 9.40 Å². The van der Waals surface area contributed by atoms with Crippen molar-refractivity contribution in [2.24, 2.45) is 5.92 Å². The van der Waals surface area contributed by atoms with Crippen molar-refractivity contribution in [1.29, 1.82) is 0 Å². The zero-order valence-corrected chi connectivity index (χ0v) is 28.9. The van der Waals surface area contributed by atoms with E-state index in [2.05, 4.69) is 86.6 Å². The van der Waals surface area contributed by atoms with Gasteiger partial charge >= 0.3 is 6.09 Å². The van der Waals surface area contributed by atoms with E-state index < -0.39 is 30.0 Å². The Balaban J connectivity index is 1.41. The molecule has 1 atom stereocenters. The minimum atomic E-state index is -3.70. The average Bonchev–Trinajstić information content (AvgIpc) is 3.42. The molecular formula is C33H48N4O5SSi. The molecule has 1 saturated heterocycles. The number of ether oxygens (including phenoxy) is 1. The van der Waals surface area contributed by atoms with E-state index in [1.807, 2.05) is 32.9 Å². The van der Waals surface area contributed by atoms with Crippen LogP contribution in [-0.2, 0) is 25.7 Å². The molecule has 11 heteroatoms. The van der Waals surface area contributed by atoms with Crippen LogP contribution in [0.3, 0.4) is 0 Å². The molecule has 9 nitrogen and oxygen atoms in total. The lowest BCUT2D eigenvalue weighted by Crippen LogP contribution is -2.66. The Labute approximate surface area is 264 Å². The van der Waals surface area contributed by atoms with Gasteiger partial charge in [0.15, 0.2) is 0 Å². The van der Waals surface area contributed by atoms with E-state index in [-0.39, 0.29) is 21.9 Å². The van der Waals surface area contributed by atoms with Crippen LogP contribution in [-0.4, -0.2) is 68.3 Å². The molecule has 0 saturated carbocycles. The highest BCUT2D eigenvalue weighted by molar-refractivity contribution is 7.89. The zero-order chi connectivity index (χ0) is 32.2. The van der Waals surface area contributed by atoms with Crippen molar-refractivity contribution in [1.82, 2.24) is 19.4 Å². The van der Waals surface area contributed by atoms with Crippen LogP contribution in [0.4, 0.5) is 4.79 Å². The van der Waals surface area contributed by atoms with Crippen molar-refractivity contribution in [3.05, 3.63) is 73.1 Å². The van der Waals surface area contributed by atoms with Gasteiger partial charge in [-0.1, -0.05) is 88.4 Å². The van der Waals surface area contributed by atoms with Gasteiger partial charge < -0.3 is 14.5 Å². The zero-order valence-electron chi connectivity index (χ0n) is 27.1. The van der Waals surface area contributed by atoms with Gasteiger partial charge in [0.25, 0.3) is 8.32 Å². The van der Waals surface area contributed by atoms with Gasteiger partial charge in [-0.15, -0.1) is 0 Å². The number of benzene rings is 2. The molecular weight excluding hydrogens is 593 g/mol. The Morgan fingerprint density at radius 3 is 2.02 bits per heavy atom. The molecule has 3 aromatic rings. The van der Waals surface area contributed by atoms with Crippen molar-refractivity contribution in [3.8, 4) is 0 Å². The third-order valence-corrected chi connectivity index (χ3v) is 14.8. The summed E-state index contributed by atoms with van der Waals surface area (Å²) in [6.07, 6.45) is 3.59. The molecule has 1 fully saturated rings. The summed E-state index contributed by atoms with van der Waals surface area (Å²) in [4.78, 5) is 12.3. The van der Waals surface area contributed by atoms with Crippen LogP contribution < -0.4 is 15.7 Å². The van der Waals surface area contributed by atoms with Crippen LogP contribution in [0.5, 0.6) is 0 Å². The number of hydrogen-bond acceptors (Lipinski definition) is 6. The van der Waals surface area contributed by atoms with Crippen LogP contribution in [0.15, 0.2) is 78.0 Å². The molecule has 0 aliphatic carbocycles. The third-order valence-electron chi connectivity index (χ3n) is 7.92. The summed E-state index contributed by atoms with van der Waals surface area (Å²) in [7, 11) is -6.37. The summed E-state index contributed by atoms with van der Waals surface area (Å²) in [5.41, 5.74) is -0.584. The van der Waals surface area contributed by atoms with Crippen molar-refractivity contribution >= 4 is 34.8 Å². The molecule has 2 aromatic carbocycles. The minimum absolute atomic E-state index is 0.0850. The van der Waals surface area contributed by atoms with Crippen molar-refractivity contribution in [2.45, 2.75) is 89.4 Å². The first-order chi connectivity index (χ1) is 20.6. The number of amides is 1. The van der Waals surface area contributed by atoms with E-state index in [1.165, 1.54) is 20.9 Å². The van der Waals surface area contributed by atoms with E-state index in [9.17, 15) is 13.2 Å². The SMILES string of the molecule is CC(CO[Si](c1ccccc1)(c1ccccc1)C(C)(C)C)Cn1cc(S(=O)(=O)N2CCC(NC(=O)OC(C)(C)C)CC2)cn1. The summed E-state index contributed by atoms with van der Waals surface area (Å²) in [5.74, 6) is 0.0850. The number of aromatic nitrogens is 2. The molecule has 1 aliphatic heterocycles. The second-order valence-electron chi connectivity index (χ2n) is 13.8. The highest BCUT2D eigenvalue weighted by Gasteiger charge is 2.50. The lowest BCUT2D eigenvalue weighted by Gasteiger charge is -2.43. The van der Waals surface area contributed by atoms with E-state index >= 15 is 0 Å². The van der Waals surface area contributed by atoms with Gasteiger partial charge in [0.2, 0.25) is 10.0 Å². The van der Waals surface area contributed by atoms with E-state index in [0.717, 1.165) is 0 Å². The number of sulfonamides is 1. The molecule has 1 amide bonds. The number of carbonyl (C=O) groups excluding carboxylic acids is 1. The minimum Gasteiger partial charge on any atom is -0.444 e. The Morgan fingerprint density at radius 1 is 0.977 bits per heavy atom. The van der Waals surface area contributed by atoms with Gasteiger partial charge in [-0.05, 0) is 54.9 Å². The van der Waals surface area contributed by atoms with Gasteiger partial charge in [0.05, 0.1) is 6.20 Å². The summed E-state index contributed by atoms with van der Waals surface area (Å²) in [6, 6.07) is 20.9. The third kappa shape index (κ3) is 7.98. The van der Waals surface area contributed by atoms with Crippen LogP contribution in [0.25, 0.3) is 0 Å². The Hall–Kier alpha value is -2.99. The maximum Gasteiger partial charge on any atom is 0.407 e. The fourth-order valence-corrected chi connectivity index (χ4v) is 12.0. The van der Waals surface area contributed by atoms with Crippen LogP contribution in [0.2, 0.25) is 5.04 Å². The molecule has 1 N–H and O–H groups in total. The largest absolute Gasteiger partial charge is 0.444 e. The Bertz CT molecular complexity index is 1440. The number of alkyl carbamates (subject to hydrolysis) is 1. The monoisotopic (exact) mass is 640 g/mol. The van der Waals surface area contributed by atoms with Crippen molar-refractivity contribution < 1.29 is 22.4 Å². The first kappa shape index (κ1) is 33.9. The molecule has 4 rings (SSSR count). The first-order valence-corrected chi connectivity index (χ1v) is 18.7. The van der Waals surface area contributed by atoms with Gasteiger partial charge in [-0.3, -0.25) is 4.68 Å². The van der Waals surface area contributed by atoms with Crippen LogP contribution >= 0.6 is 0 Å². The maximum absolute atomic E-state index is 13.4. The average molecular weight is 641 g/mol. The summed E-state index contributed by atoms with van der Waals surface area (Å²) in [5, 5.41) is 9.59. The van der Waals surface area contributed by atoms with Crippen molar-refractivity contribution in [3.63, 3.8) is 0 Å². The molecule has 1 aliphatic rings. The lowest BCUT2D eigenvalue weighted by atomic mass is 10.1. The van der Waals surface area contributed by atoms with Crippen molar-refractivity contribution in [2.75, 3.05) is 19.7 Å². The quantitative estimate of drug-likeness (QED) is 0.320. The molecule has 0 spiro atoms. The van der Waals surface area contributed by atoms with Crippen LogP contribution in [0.1, 0.15) is 61.3 Å². The molecule has 2 heterocycles. The molecule has 0 bridgehead atoms. The highest BCUT2D eigenvalue weighted by atomic mass is 32.2. The lowest BCUT2D eigenvalue weighted by molar-refractivity contribution is 0.0489. The van der Waals surface area contributed by atoms with E-state index in [0.29, 0.717) is 39.1 Å². The predicted molar refractivity (Wildman–Crippen MR) is 176 cm³/mol. The molecule has 1 aromatic heterocycles. The fraction of sp³-hybridized carbons (Fsp3) is 0.515. The molecule has 44 heavy (non-hydrogen) atoms. The maximum atomic E-state index is 13.4. The number of rotatable bonds is 10. The number of carbonyl (C=O) groups is 1. The van der Waals surface area contributed by atoms with Crippen LogP contribution in [0, 0.1) is 5.92 Å². The summed E-state index contributed by atoms with van der Waals surface area (Å²) < 4.78 is 42.4. The van der Waals surface area contributed by atoms with E-state index in [1.54, 1.807) is 10.9 Å². The molecule has 1 unspecified atom stereocenters. The Morgan fingerprint density at radius 2 is 1.52 bits per heavy atom. The molecule has 240 valence electrons. The predicted octanol–water partition coefficient (Wildman–Crippen LogP) is 4.77. The standard InChI is InChI=1S/C33H48N4O5SSi/c1-26(25-41-44(33(5,6)7,29-14-10-8-11-15-29)30-16-12-9-13-17-30)23-36-24-28(22-34-36)43(39,40)37-20-18-27(19-21-37)35-31(38)42-32(2,3)4/h8-17,22,24,26-27H,18-21,23,25H2,1-7H3,(H,35,38). The number of piperidine rings is 1. The van der Waals surface area contributed by atoms with Gasteiger partial charge in [0.1, 0.15) is 10.5 Å². The summed E-state index contributed by atoms with van der Waals surface area (Å²) in [6.45, 7) is 16.0. The Kier molecular flexibility index (Phi) is 10.4. The highest BCUT2D eigenvalue weighted by Crippen LogP contribution is 2.37. The number of hydrogen-bond donors (Lipinski definition) is 1. The number of nitrogens with zero attached hydrogens (tertiary/aromatic N) is 3.